The minimum Gasteiger partial charge on any atom is -0.409 e. The van der Waals surface area contributed by atoms with Crippen molar-refractivity contribution in [2.24, 2.45) is 10.9 Å². The molecule has 0 aliphatic carbocycles. The Hall–Kier alpha value is -1.07. The highest BCUT2D eigenvalue weighted by Gasteiger charge is 2.10. The molecule has 96 valence electrons. The van der Waals surface area contributed by atoms with E-state index >= 15 is 0 Å². The van der Waals surface area contributed by atoms with Crippen molar-refractivity contribution >= 4 is 17.2 Å². The smallest absolute Gasteiger partial charge is 0.140 e. The zero-order valence-corrected chi connectivity index (χ0v) is 11.3. The molecule has 5 heteroatoms. The summed E-state index contributed by atoms with van der Waals surface area (Å²) < 4.78 is 0. The second kappa shape index (κ2) is 7.29. The number of thiophene rings is 1. The number of nitrogens with two attached hydrogens (primary N) is 1. The average molecular weight is 255 g/mol. The zero-order chi connectivity index (χ0) is 12.7. The van der Waals surface area contributed by atoms with E-state index in [4.69, 9.17) is 10.9 Å². The highest BCUT2D eigenvalue weighted by Crippen LogP contribution is 2.09. The molecule has 0 unspecified atom stereocenters. The van der Waals surface area contributed by atoms with E-state index in [1.165, 1.54) is 5.56 Å². The van der Waals surface area contributed by atoms with Gasteiger partial charge >= 0.3 is 0 Å². The van der Waals surface area contributed by atoms with E-state index in [9.17, 15) is 0 Å². The molecule has 4 nitrogen and oxygen atoms in total. The van der Waals surface area contributed by atoms with Crippen molar-refractivity contribution in [3.05, 3.63) is 22.4 Å². The van der Waals surface area contributed by atoms with E-state index in [-0.39, 0.29) is 0 Å². The molecule has 0 spiro atoms. The van der Waals surface area contributed by atoms with Crippen molar-refractivity contribution in [2.45, 2.75) is 32.7 Å². The van der Waals surface area contributed by atoms with Gasteiger partial charge in [-0.05, 0) is 42.7 Å². The third-order valence-electron chi connectivity index (χ3n) is 2.78. The Balaban J connectivity index is 2.38. The summed E-state index contributed by atoms with van der Waals surface area (Å²) in [5.74, 6) is 0.297. The SMILES string of the molecule is CC(C)N(CCC(N)=NO)CCc1ccsc1. The second-order valence-electron chi connectivity index (χ2n) is 4.35. The normalized spacial score (nSPS) is 12.6. The maximum atomic E-state index is 8.51. The Morgan fingerprint density at radius 3 is 2.82 bits per heavy atom. The van der Waals surface area contributed by atoms with Gasteiger partial charge in [0, 0.05) is 25.6 Å². The van der Waals surface area contributed by atoms with Crippen LogP contribution < -0.4 is 5.73 Å². The first-order chi connectivity index (χ1) is 8.13. The summed E-state index contributed by atoms with van der Waals surface area (Å²) in [5, 5.41) is 15.8. The molecule has 1 aromatic rings. The molecule has 0 aromatic carbocycles. The molecule has 0 bridgehead atoms. The van der Waals surface area contributed by atoms with Crippen LogP contribution in [0, 0.1) is 0 Å². The van der Waals surface area contributed by atoms with Crippen LogP contribution in [-0.4, -0.2) is 35.1 Å². The zero-order valence-electron chi connectivity index (χ0n) is 10.5. The van der Waals surface area contributed by atoms with Crippen molar-refractivity contribution in [1.29, 1.82) is 0 Å². The summed E-state index contributed by atoms with van der Waals surface area (Å²) in [4.78, 5) is 2.34. The molecule has 0 atom stereocenters. The van der Waals surface area contributed by atoms with Gasteiger partial charge in [0.15, 0.2) is 0 Å². The summed E-state index contributed by atoms with van der Waals surface area (Å²) in [6.07, 6.45) is 1.66. The van der Waals surface area contributed by atoms with Gasteiger partial charge in [0.05, 0.1) is 0 Å². The predicted octanol–water partition coefficient (Wildman–Crippen LogP) is 2.14. The summed E-state index contributed by atoms with van der Waals surface area (Å²) in [6.45, 7) is 6.17. The Labute approximate surface area is 107 Å². The summed E-state index contributed by atoms with van der Waals surface area (Å²) in [5.41, 5.74) is 6.87. The van der Waals surface area contributed by atoms with Crippen LogP contribution in [0.1, 0.15) is 25.8 Å². The molecular formula is C12H21N3OS. The van der Waals surface area contributed by atoms with E-state index in [1.54, 1.807) is 11.3 Å². The van der Waals surface area contributed by atoms with E-state index < -0.39 is 0 Å². The van der Waals surface area contributed by atoms with Crippen LogP contribution in [0.5, 0.6) is 0 Å². The summed E-state index contributed by atoms with van der Waals surface area (Å²) in [7, 11) is 0. The Morgan fingerprint density at radius 1 is 1.53 bits per heavy atom. The molecule has 0 radical (unpaired) electrons. The lowest BCUT2D eigenvalue weighted by Gasteiger charge is -2.26. The van der Waals surface area contributed by atoms with Crippen molar-refractivity contribution in [1.82, 2.24) is 4.90 Å². The topological polar surface area (TPSA) is 61.8 Å². The van der Waals surface area contributed by atoms with Gasteiger partial charge in [0.1, 0.15) is 5.84 Å². The second-order valence-corrected chi connectivity index (χ2v) is 5.13. The summed E-state index contributed by atoms with van der Waals surface area (Å²) in [6, 6.07) is 2.63. The lowest BCUT2D eigenvalue weighted by Crippen LogP contribution is -2.35. The van der Waals surface area contributed by atoms with Gasteiger partial charge < -0.3 is 15.8 Å². The van der Waals surface area contributed by atoms with Gasteiger partial charge in [-0.3, -0.25) is 0 Å². The van der Waals surface area contributed by atoms with E-state index in [2.05, 4.69) is 40.7 Å². The molecule has 0 aliphatic rings. The Bertz CT molecular complexity index is 336. The van der Waals surface area contributed by atoms with Crippen LogP contribution >= 0.6 is 11.3 Å². The standard InChI is InChI=1S/C12H21N3OS/c1-10(2)15(7-4-12(13)14-16)6-3-11-5-8-17-9-11/h5,8-10,16H,3-4,6-7H2,1-2H3,(H2,13,14). The van der Waals surface area contributed by atoms with Gasteiger partial charge in [-0.15, -0.1) is 0 Å². The number of rotatable bonds is 7. The molecule has 1 rings (SSSR count). The fraction of sp³-hybridized carbons (Fsp3) is 0.583. The van der Waals surface area contributed by atoms with Crippen LogP contribution in [0.3, 0.4) is 0 Å². The molecule has 0 saturated heterocycles. The van der Waals surface area contributed by atoms with E-state index in [0.717, 1.165) is 19.5 Å². The van der Waals surface area contributed by atoms with Crippen LogP contribution in [0.2, 0.25) is 0 Å². The van der Waals surface area contributed by atoms with Crippen LogP contribution in [0.4, 0.5) is 0 Å². The van der Waals surface area contributed by atoms with Crippen LogP contribution in [-0.2, 0) is 6.42 Å². The number of hydrogen-bond acceptors (Lipinski definition) is 4. The molecule has 1 heterocycles. The van der Waals surface area contributed by atoms with Gasteiger partial charge in [-0.1, -0.05) is 5.16 Å². The maximum Gasteiger partial charge on any atom is 0.140 e. The highest BCUT2D eigenvalue weighted by molar-refractivity contribution is 7.07. The first-order valence-electron chi connectivity index (χ1n) is 5.85. The number of nitrogens with zero attached hydrogens (tertiary/aromatic N) is 2. The molecule has 3 N–H and O–H groups in total. The fourth-order valence-corrected chi connectivity index (χ4v) is 2.35. The first kappa shape index (κ1) is 14.0. The molecule has 0 fully saturated rings. The minimum atomic E-state index is 0.297. The average Bonchev–Trinajstić information content (AvgIpc) is 2.81. The third kappa shape index (κ3) is 5.19. The molecular weight excluding hydrogens is 234 g/mol. The van der Waals surface area contributed by atoms with E-state index in [0.29, 0.717) is 18.3 Å². The third-order valence-corrected chi connectivity index (χ3v) is 3.51. The minimum absolute atomic E-state index is 0.297. The quantitative estimate of drug-likeness (QED) is 0.339. The predicted molar refractivity (Wildman–Crippen MR) is 72.8 cm³/mol. The van der Waals surface area contributed by atoms with Gasteiger partial charge in [0.2, 0.25) is 0 Å². The van der Waals surface area contributed by atoms with Crippen LogP contribution in [0.15, 0.2) is 22.0 Å². The Kier molecular flexibility index (Phi) is 6.00. The maximum absolute atomic E-state index is 8.51. The molecule has 0 aliphatic heterocycles. The van der Waals surface area contributed by atoms with Crippen LogP contribution in [0.25, 0.3) is 0 Å². The van der Waals surface area contributed by atoms with Gasteiger partial charge in [-0.2, -0.15) is 11.3 Å². The lowest BCUT2D eigenvalue weighted by atomic mass is 10.2. The highest BCUT2D eigenvalue weighted by atomic mass is 32.1. The molecule has 17 heavy (non-hydrogen) atoms. The Morgan fingerprint density at radius 2 is 2.29 bits per heavy atom. The van der Waals surface area contributed by atoms with Gasteiger partial charge in [-0.25, -0.2) is 0 Å². The molecule has 0 amide bonds. The van der Waals surface area contributed by atoms with E-state index in [1.807, 2.05) is 0 Å². The monoisotopic (exact) mass is 255 g/mol. The number of hydrogen-bond donors (Lipinski definition) is 2. The van der Waals surface area contributed by atoms with Gasteiger partial charge in [0.25, 0.3) is 0 Å². The largest absolute Gasteiger partial charge is 0.409 e. The van der Waals surface area contributed by atoms with Crippen molar-refractivity contribution in [2.75, 3.05) is 13.1 Å². The van der Waals surface area contributed by atoms with Crippen molar-refractivity contribution < 1.29 is 5.21 Å². The molecule has 0 saturated carbocycles. The lowest BCUT2D eigenvalue weighted by molar-refractivity contribution is 0.229. The molecule has 1 aromatic heterocycles. The first-order valence-corrected chi connectivity index (χ1v) is 6.79. The number of oxime groups is 1. The van der Waals surface area contributed by atoms with Crippen molar-refractivity contribution in [3.63, 3.8) is 0 Å². The number of amidine groups is 1. The van der Waals surface area contributed by atoms with Crippen molar-refractivity contribution in [3.8, 4) is 0 Å². The summed E-state index contributed by atoms with van der Waals surface area (Å²) >= 11 is 1.73. The fourth-order valence-electron chi connectivity index (χ4n) is 1.64.